The predicted molar refractivity (Wildman–Crippen MR) is 48.0 cm³/mol. The van der Waals surface area contributed by atoms with Crippen LogP contribution < -0.4 is 5.73 Å². The SMILES string of the molecule is CCn1ncc(C2(N)CC2)c1Cl. The Morgan fingerprint density at radius 2 is 2.42 bits per heavy atom. The maximum absolute atomic E-state index is 6.07. The molecular formula is C8H12ClN3. The number of hydrogen-bond acceptors (Lipinski definition) is 2. The van der Waals surface area contributed by atoms with Crippen molar-refractivity contribution >= 4 is 11.6 Å². The number of halogens is 1. The minimum atomic E-state index is -0.162. The van der Waals surface area contributed by atoms with Crippen LogP contribution in [-0.4, -0.2) is 9.78 Å². The van der Waals surface area contributed by atoms with Gasteiger partial charge in [0.15, 0.2) is 0 Å². The van der Waals surface area contributed by atoms with Gasteiger partial charge in [-0.15, -0.1) is 0 Å². The second kappa shape index (κ2) is 2.47. The summed E-state index contributed by atoms with van der Waals surface area (Å²) < 4.78 is 1.77. The fourth-order valence-corrected chi connectivity index (χ4v) is 1.73. The minimum Gasteiger partial charge on any atom is -0.321 e. The molecule has 1 aromatic rings. The molecular weight excluding hydrogens is 174 g/mol. The molecule has 0 saturated heterocycles. The molecule has 2 rings (SSSR count). The number of rotatable bonds is 2. The van der Waals surface area contributed by atoms with E-state index in [2.05, 4.69) is 5.10 Å². The summed E-state index contributed by atoms with van der Waals surface area (Å²) in [4.78, 5) is 0. The third-order valence-electron chi connectivity index (χ3n) is 2.40. The average Bonchev–Trinajstić information content (AvgIpc) is 2.65. The minimum absolute atomic E-state index is 0.162. The first kappa shape index (κ1) is 8.08. The van der Waals surface area contributed by atoms with Crippen molar-refractivity contribution < 1.29 is 0 Å². The summed E-state index contributed by atoms with van der Waals surface area (Å²) >= 11 is 6.07. The Balaban J connectivity index is 2.39. The van der Waals surface area contributed by atoms with Crippen LogP contribution in [0, 0.1) is 0 Å². The van der Waals surface area contributed by atoms with Gasteiger partial charge in [0.25, 0.3) is 0 Å². The van der Waals surface area contributed by atoms with Gasteiger partial charge in [-0.1, -0.05) is 11.6 Å². The van der Waals surface area contributed by atoms with Crippen molar-refractivity contribution in [1.29, 1.82) is 0 Å². The Morgan fingerprint density at radius 1 is 1.75 bits per heavy atom. The Morgan fingerprint density at radius 3 is 2.83 bits per heavy atom. The quantitative estimate of drug-likeness (QED) is 0.759. The Kier molecular flexibility index (Phi) is 1.66. The molecule has 0 aliphatic heterocycles. The molecule has 12 heavy (non-hydrogen) atoms. The second-order valence-electron chi connectivity index (χ2n) is 3.32. The topological polar surface area (TPSA) is 43.8 Å². The second-order valence-corrected chi connectivity index (χ2v) is 3.68. The highest BCUT2D eigenvalue weighted by Gasteiger charge is 2.42. The first-order valence-corrected chi connectivity index (χ1v) is 4.56. The molecule has 1 heterocycles. The van der Waals surface area contributed by atoms with Gasteiger partial charge in [0.05, 0.1) is 6.20 Å². The highest BCUT2D eigenvalue weighted by Crippen LogP contribution is 2.45. The highest BCUT2D eigenvalue weighted by atomic mass is 35.5. The van der Waals surface area contributed by atoms with Gasteiger partial charge >= 0.3 is 0 Å². The van der Waals surface area contributed by atoms with Crippen LogP contribution in [0.5, 0.6) is 0 Å². The van der Waals surface area contributed by atoms with Gasteiger partial charge < -0.3 is 5.73 Å². The molecule has 0 unspecified atom stereocenters. The maximum Gasteiger partial charge on any atom is 0.132 e. The van der Waals surface area contributed by atoms with Crippen LogP contribution in [0.4, 0.5) is 0 Å². The smallest absolute Gasteiger partial charge is 0.132 e. The lowest BCUT2D eigenvalue weighted by Crippen LogP contribution is -2.18. The molecule has 1 fully saturated rings. The number of aryl methyl sites for hydroxylation is 1. The van der Waals surface area contributed by atoms with E-state index in [1.165, 1.54) is 0 Å². The summed E-state index contributed by atoms with van der Waals surface area (Å²) in [7, 11) is 0. The van der Waals surface area contributed by atoms with Crippen molar-refractivity contribution in [1.82, 2.24) is 9.78 Å². The van der Waals surface area contributed by atoms with Gasteiger partial charge in [0.1, 0.15) is 5.15 Å². The Hall–Kier alpha value is -0.540. The number of hydrogen-bond donors (Lipinski definition) is 1. The van der Waals surface area contributed by atoms with Crippen molar-refractivity contribution in [3.05, 3.63) is 16.9 Å². The van der Waals surface area contributed by atoms with Crippen molar-refractivity contribution in [2.75, 3.05) is 0 Å². The maximum atomic E-state index is 6.07. The average molecular weight is 186 g/mol. The molecule has 1 saturated carbocycles. The lowest BCUT2D eigenvalue weighted by Gasteiger charge is -2.05. The molecule has 0 spiro atoms. The predicted octanol–water partition coefficient (Wildman–Crippen LogP) is 1.50. The van der Waals surface area contributed by atoms with E-state index < -0.39 is 0 Å². The molecule has 1 aromatic heterocycles. The van der Waals surface area contributed by atoms with Crippen LogP contribution in [0.25, 0.3) is 0 Å². The van der Waals surface area contributed by atoms with Crippen LogP contribution in [0.2, 0.25) is 5.15 Å². The number of nitrogens with two attached hydrogens (primary N) is 1. The number of nitrogens with zero attached hydrogens (tertiary/aromatic N) is 2. The monoisotopic (exact) mass is 185 g/mol. The molecule has 66 valence electrons. The van der Waals surface area contributed by atoms with E-state index in [9.17, 15) is 0 Å². The third-order valence-corrected chi connectivity index (χ3v) is 2.80. The third kappa shape index (κ3) is 1.04. The first-order chi connectivity index (χ1) is 5.67. The summed E-state index contributed by atoms with van der Waals surface area (Å²) in [5.41, 5.74) is 6.84. The van der Waals surface area contributed by atoms with E-state index in [4.69, 9.17) is 17.3 Å². The van der Waals surface area contributed by atoms with Gasteiger partial charge in [0, 0.05) is 17.6 Å². The van der Waals surface area contributed by atoms with E-state index in [0.29, 0.717) is 5.15 Å². The van der Waals surface area contributed by atoms with Crippen LogP contribution in [0.15, 0.2) is 6.20 Å². The van der Waals surface area contributed by atoms with E-state index in [0.717, 1.165) is 24.9 Å². The zero-order valence-corrected chi connectivity index (χ0v) is 7.80. The highest BCUT2D eigenvalue weighted by molar-refractivity contribution is 6.30. The van der Waals surface area contributed by atoms with E-state index in [1.54, 1.807) is 10.9 Å². The summed E-state index contributed by atoms with van der Waals surface area (Å²) in [5.74, 6) is 0. The lowest BCUT2D eigenvalue weighted by molar-refractivity contribution is 0.657. The molecule has 3 nitrogen and oxygen atoms in total. The fraction of sp³-hybridized carbons (Fsp3) is 0.625. The van der Waals surface area contributed by atoms with Crippen LogP contribution in [0.1, 0.15) is 25.3 Å². The molecule has 1 aliphatic carbocycles. The summed E-state index contributed by atoms with van der Waals surface area (Å²) in [6.07, 6.45) is 3.85. The van der Waals surface area contributed by atoms with Crippen molar-refractivity contribution in [2.45, 2.75) is 31.8 Å². The molecule has 0 bridgehead atoms. The summed E-state index contributed by atoms with van der Waals surface area (Å²) in [6.45, 7) is 2.81. The van der Waals surface area contributed by atoms with Crippen LogP contribution >= 0.6 is 11.6 Å². The van der Waals surface area contributed by atoms with E-state index >= 15 is 0 Å². The lowest BCUT2D eigenvalue weighted by atomic mass is 10.1. The molecule has 2 N–H and O–H groups in total. The molecule has 0 radical (unpaired) electrons. The van der Waals surface area contributed by atoms with Crippen molar-refractivity contribution in [3.63, 3.8) is 0 Å². The van der Waals surface area contributed by atoms with Gasteiger partial charge in [0.2, 0.25) is 0 Å². The Bertz CT molecular complexity index is 301. The van der Waals surface area contributed by atoms with Crippen molar-refractivity contribution in [2.24, 2.45) is 5.73 Å². The van der Waals surface area contributed by atoms with E-state index in [1.807, 2.05) is 6.92 Å². The van der Waals surface area contributed by atoms with Crippen LogP contribution in [0.3, 0.4) is 0 Å². The number of aromatic nitrogens is 2. The summed E-state index contributed by atoms with van der Waals surface area (Å²) in [6, 6.07) is 0. The van der Waals surface area contributed by atoms with Gasteiger partial charge in [-0.3, -0.25) is 4.68 Å². The molecule has 1 aliphatic rings. The standard InChI is InChI=1S/C8H12ClN3/c1-2-12-7(9)6(5-11-12)8(10)3-4-8/h5H,2-4,10H2,1H3. The van der Waals surface area contributed by atoms with Crippen LogP contribution in [-0.2, 0) is 12.1 Å². The molecule has 0 aromatic carbocycles. The van der Waals surface area contributed by atoms with Gasteiger partial charge in [-0.05, 0) is 19.8 Å². The largest absolute Gasteiger partial charge is 0.321 e. The molecule has 0 amide bonds. The first-order valence-electron chi connectivity index (χ1n) is 4.18. The Labute approximate surface area is 76.5 Å². The zero-order valence-electron chi connectivity index (χ0n) is 7.05. The molecule has 0 atom stereocenters. The fourth-order valence-electron chi connectivity index (χ4n) is 1.33. The van der Waals surface area contributed by atoms with E-state index in [-0.39, 0.29) is 5.54 Å². The van der Waals surface area contributed by atoms with Crippen molar-refractivity contribution in [3.8, 4) is 0 Å². The normalized spacial score (nSPS) is 19.6. The van der Waals surface area contributed by atoms with Gasteiger partial charge in [-0.2, -0.15) is 5.10 Å². The summed E-state index contributed by atoms with van der Waals surface area (Å²) in [5, 5.41) is 4.85. The zero-order chi connectivity index (χ0) is 8.77. The van der Waals surface area contributed by atoms with Gasteiger partial charge in [-0.25, -0.2) is 0 Å². The molecule has 4 heteroatoms.